The van der Waals surface area contributed by atoms with E-state index in [1.165, 1.54) is 0 Å². The predicted molar refractivity (Wildman–Crippen MR) is 96.7 cm³/mol. The van der Waals surface area contributed by atoms with E-state index in [0.29, 0.717) is 18.1 Å². The second-order valence-corrected chi connectivity index (χ2v) is 7.01. The lowest BCUT2D eigenvalue weighted by atomic mass is 10.0. The molecule has 3 aromatic rings. The van der Waals surface area contributed by atoms with Crippen molar-refractivity contribution in [3.05, 3.63) is 68.5 Å². The molecule has 3 heterocycles. The minimum atomic E-state index is -4.67. The summed E-state index contributed by atoms with van der Waals surface area (Å²) in [5, 5.41) is 7.68. The van der Waals surface area contributed by atoms with Gasteiger partial charge in [0.05, 0.1) is 23.1 Å². The van der Waals surface area contributed by atoms with Crippen LogP contribution in [0.25, 0.3) is 11.3 Å². The van der Waals surface area contributed by atoms with Crippen LogP contribution in [0.5, 0.6) is 0 Å². The van der Waals surface area contributed by atoms with Crippen LogP contribution in [0.4, 0.5) is 13.2 Å². The topological polar surface area (TPSA) is 77.7 Å². The van der Waals surface area contributed by atoms with Crippen LogP contribution >= 0.6 is 11.6 Å². The fourth-order valence-corrected chi connectivity index (χ4v) is 3.41. The smallest absolute Gasteiger partial charge is 0.303 e. The Kier molecular flexibility index (Phi) is 4.72. The first kappa shape index (κ1) is 18.7. The molecule has 2 N–H and O–H groups in total. The number of rotatable bonds is 3. The molecule has 1 aromatic carbocycles. The molecule has 0 unspecified atom stereocenters. The van der Waals surface area contributed by atoms with E-state index < -0.39 is 17.6 Å². The predicted octanol–water partition coefficient (Wildman–Crippen LogP) is 3.39. The summed E-state index contributed by atoms with van der Waals surface area (Å²) in [4.78, 5) is 19.6. The third-order valence-electron chi connectivity index (χ3n) is 4.66. The van der Waals surface area contributed by atoms with Crippen molar-refractivity contribution in [1.82, 2.24) is 25.1 Å². The lowest BCUT2D eigenvalue weighted by molar-refractivity contribution is -0.145. The van der Waals surface area contributed by atoms with Crippen molar-refractivity contribution in [3.63, 3.8) is 0 Å². The SMILES string of the molecule is O=c1[nH]c(C(F)(F)F)nc2c1CN(Cc1cn[nH]c1-c1ccc(Cl)cc1)CC2. The molecule has 0 aliphatic carbocycles. The van der Waals surface area contributed by atoms with Gasteiger partial charge in [-0.2, -0.15) is 18.3 Å². The van der Waals surface area contributed by atoms with Crippen LogP contribution in [0, 0.1) is 0 Å². The van der Waals surface area contributed by atoms with E-state index in [0.717, 1.165) is 16.8 Å². The van der Waals surface area contributed by atoms with Gasteiger partial charge in [0.15, 0.2) is 0 Å². The average Bonchev–Trinajstić information content (AvgIpc) is 3.10. The van der Waals surface area contributed by atoms with Crippen molar-refractivity contribution >= 4 is 11.6 Å². The van der Waals surface area contributed by atoms with E-state index in [2.05, 4.69) is 15.2 Å². The summed E-state index contributed by atoms with van der Waals surface area (Å²) in [6.07, 6.45) is -2.69. The summed E-state index contributed by atoms with van der Waals surface area (Å²) >= 11 is 5.93. The molecule has 10 heteroatoms. The Balaban J connectivity index is 1.56. The van der Waals surface area contributed by atoms with Gasteiger partial charge in [-0.05, 0) is 17.7 Å². The van der Waals surface area contributed by atoms with E-state index >= 15 is 0 Å². The Labute approximate surface area is 162 Å². The zero-order chi connectivity index (χ0) is 19.9. The van der Waals surface area contributed by atoms with Crippen molar-refractivity contribution in [1.29, 1.82) is 0 Å². The second kappa shape index (κ2) is 7.06. The number of aromatic amines is 2. The first-order valence-corrected chi connectivity index (χ1v) is 8.89. The van der Waals surface area contributed by atoms with E-state index in [1.54, 1.807) is 18.3 Å². The Morgan fingerprint density at radius 3 is 2.68 bits per heavy atom. The van der Waals surface area contributed by atoms with Gasteiger partial charge in [-0.15, -0.1) is 0 Å². The number of halogens is 4. The molecule has 28 heavy (non-hydrogen) atoms. The van der Waals surface area contributed by atoms with Crippen molar-refractivity contribution in [2.24, 2.45) is 0 Å². The zero-order valence-electron chi connectivity index (χ0n) is 14.5. The molecule has 0 spiro atoms. The summed E-state index contributed by atoms with van der Waals surface area (Å²) in [7, 11) is 0. The number of hydrogen-bond donors (Lipinski definition) is 2. The van der Waals surface area contributed by atoms with Gasteiger partial charge < -0.3 is 4.98 Å². The molecule has 0 amide bonds. The number of nitrogens with zero attached hydrogens (tertiary/aromatic N) is 3. The normalized spacial score (nSPS) is 14.9. The van der Waals surface area contributed by atoms with Gasteiger partial charge >= 0.3 is 6.18 Å². The summed E-state index contributed by atoms with van der Waals surface area (Å²) in [6.45, 7) is 1.21. The number of aromatic nitrogens is 4. The van der Waals surface area contributed by atoms with Gasteiger partial charge in [0.25, 0.3) is 5.56 Å². The molecule has 0 saturated carbocycles. The maximum absolute atomic E-state index is 12.8. The molecule has 0 bridgehead atoms. The van der Waals surface area contributed by atoms with Gasteiger partial charge in [-0.25, -0.2) is 4.98 Å². The molecule has 1 aliphatic rings. The lowest BCUT2D eigenvalue weighted by Crippen LogP contribution is -2.36. The number of benzene rings is 1. The molecular formula is C18H15ClF3N5O. The zero-order valence-corrected chi connectivity index (χ0v) is 15.2. The molecule has 0 radical (unpaired) electrons. The van der Waals surface area contributed by atoms with Crippen LogP contribution in [-0.4, -0.2) is 31.6 Å². The average molecular weight is 410 g/mol. The van der Waals surface area contributed by atoms with Crippen LogP contribution in [0.1, 0.15) is 22.6 Å². The van der Waals surface area contributed by atoms with Crippen molar-refractivity contribution in [2.45, 2.75) is 25.7 Å². The molecule has 0 saturated heterocycles. The molecule has 6 nitrogen and oxygen atoms in total. The molecule has 0 atom stereocenters. The summed E-state index contributed by atoms with van der Waals surface area (Å²) < 4.78 is 38.5. The maximum atomic E-state index is 12.8. The summed E-state index contributed by atoms with van der Waals surface area (Å²) in [5.41, 5.74) is 2.41. The molecule has 4 rings (SSSR count). The standard InChI is InChI=1S/C18H15ClF3N5O/c19-12-3-1-10(2-4-12)15-11(7-23-26-15)8-27-6-5-14-13(9-27)16(28)25-17(24-14)18(20,21)22/h1-4,7H,5-6,8-9H2,(H,23,26)(H,24,25,28). The number of nitrogens with one attached hydrogen (secondary N) is 2. The van der Waals surface area contributed by atoms with Crippen LogP contribution < -0.4 is 5.56 Å². The highest BCUT2D eigenvalue weighted by Gasteiger charge is 2.36. The van der Waals surface area contributed by atoms with Crippen LogP contribution in [0.15, 0.2) is 35.3 Å². The molecule has 1 aliphatic heterocycles. The minimum Gasteiger partial charge on any atom is -0.303 e. The van der Waals surface area contributed by atoms with Crippen molar-refractivity contribution in [2.75, 3.05) is 6.54 Å². The third-order valence-corrected chi connectivity index (χ3v) is 4.91. The number of hydrogen-bond acceptors (Lipinski definition) is 4. The highest BCUT2D eigenvalue weighted by atomic mass is 35.5. The summed E-state index contributed by atoms with van der Waals surface area (Å²) in [5.74, 6) is -1.25. The monoisotopic (exact) mass is 409 g/mol. The van der Waals surface area contributed by atoms with Gasteiger partial charge in [-0.3, -0.25) is 14.8 Å². The number of fused-ring (bicyclic) bond motifs is 1. The van der Waals surface area contributed by atoms with Gasteiger partial charge in [0.2, 0.25) is 5.82 Å². The fraction of sp³-hybridized carbons (Fsp3) is 0.278. The van der Waals surface area contributed by atoms with Gasteiger partial charge in [-0.1, -0.05) is 23.7 Å². The van der Waals surface area contributed by atoms with E-state index in [4.69, 9.17) is 11.6 Å². The quantitative estimate of drug-likeness (QED) is 0.695. The Hall–Kier alpha value is -2.65. The highest BCUT2D eigenvalue weighted by Crippen LogP contribution is 2.28. The second-order valence-electron chi connectivity index (χ2n) is 6.58. The van der Waals surface area contributed by atoms with Crippen molar-refractivity contribution in [3.8, 4) is 11.3 Å². The van der Waals surface area contributed by atoms with Crippen LogP contribution in [0.2, 0.25) is 5.02 Å². The van der Waals surface area contributed by atoms with E-state index in [1.807, 2.05) is 22.0 Å². The largest absolute Gasteiger partial charge is 0.449 e. The van der Waals surface area contributed by atoms with E-state index in [9.17, 15) is 18.0 Å². The highest BCUT2D eigenvalue weighted by molar-refractivity contribution is 6.30. The number of H-pyrrole nitrogens is 2. The minimum absolute atomic E-state index is 0.206. The Bertz CT molecular complexity index is 1060. The van der Waals surface area contributed by atoms with Gasteiger partial charge in [0.1, 0.15) is 0 Å². The lowest BCUT2D eigenvalue weighted by Gasteiger charge is -2.27. The third kappa shape index (κ3) is 3.67. The first-order chi connectivity index (χ1) is 13.3. The Morgan fingerprint density at radius 2 is 1.96 bits per heavy atom. The van der Waals surface area contributed by atoms with Crippen molar-refractivity contribution < 1.29 is 13.2 Å². The van der Waals surface area contributed by atoms with E-state index in [-0.39, 0.29) is 24.2 Å². The van der Waals surface area contributed by atoms with Crippen LogP contribution in [0.3, 0.4) is 0 Å². The van der Waals surface area contributed by atoms with Gasteiger partial charge in [0, 0.05) is 36.6 Å². The summed E-state index contributed by atoms with van der Waals surface area (Å²) in [6, 6.07) is 7.31. The fourth-order valence-electron chi connectivity index (χ4n) is 3.29. The molecule has 146 valence electrons. The maximum Gasteiger partial charge on any atom is 0.449 e. The Morgan fingerprint density at radius 1 is 1.21 bits per heavy atom. The molecule has 2 aromatic heterocycles. The first-order valence-electron chi connectivity index (χ1n) is 8.51. The molecule has 0 fully saturated rings. The van der Waals surface area contributed by atoms with Crippen LogP contribution in [-0.2, 0) is 25.7 Å². The number of alkyl halides is 3. The molecular weight excluding hydrogens is 395 g/mol.